The lowest BCUT2D eigenvalue weighted by atomic mass is 9.90. The number of benzene rings is 1. The van der Waals surface area contributed by atoms with Crippen molar-refractivity contribution in [3.05, 3.63) is 35.1 Å². The first kappa shape index (κ1) is 17.4. The van der Waals surface area contributed by atoms with Crippen LogP contribution in [0.15, 0.2) is 18.2 Å². The molecule has 0 N–H and O–H groups in total. The van der Waals surface area contributed by atoms with Crippen molar-refractivity contribution in [3.63, 3.8) is 0 Å². The van der Waals surface area contributed by atoms with Crippen molar-refractivity contribution in [1.29, 1.82) is 0 Å². The van der Waals surface area contributed by atoms with Crippen molar-refractivity contribution >= 4 is 5.78 Å². The van der Waals surface area contributed by atoms with Gasteiger partial charge in [0.25, 0.3) is 0 Å². The third-order valence-corrected chi connectivity index (χ3v) is 4.81. The van der Waals surface area contributed by atoms with Gasteiger partial charge in [0.2, 0.25) is 0 Å². The van der Waals surface area contributed by atoms with E-state index in [2.05, 4.69) is 4.90 Å². The molecule has 2 saturated heterocycles. The molecule has 0 aliphatic carbocycles. The standard InChI is InChI=1S/C17H19F4NO2/c18-14-9-11(1-2-13(14)17(19,20)21)10-16(23)15-3-6-22(15)12-4-7-24-8-5-12/h1-2,9,12,15H,3-8,10H2/t15-/m0/s1. The Morgan fingerprint density at radius 3 is 2.46 bits per heavy atom. The molecule has 0 aromatic heterocycles. The van der Waals surface area contributed by atoms with Crippen molar-refractivity contribution in [2.75, 3.05) is 19.8 Å². The number of Topliss-reactive ketones (excluding diaryl/α,β-unsaturated/α-hetero) is 1. The largest absolute Gasteiger partial charge is 0.419 e. The Morgan fingerprint density at radius 2 is 1.92 bits per heavy atom. The molecule has 0 spiro atoms. The first-order chi connectivity index (χ1) is 11.4. The highest BCUT2D eigenvalue weighted by atomic mass is 19.4. The second-order valence-electron chi connectivity index (χ2n) is 6.34. The lowest BCUT2D eigenvalue weighted by Gasteiger charge is -2.46. The zero-order valence-corrected chi connectivity index (χ0v) is 13.1. The van der Waals surface area contributed by atoms with Gasteiger partial charge < -0.3 is 4.74 Å². The van der Waals surface area contributed by atoms with Gasteiger partial charge in [-0.3, -0.25) is 9.69 Å². The number of carbonyl (C=O) groups is 1. The monoisotopic (exact) mass is 345 g/mol. The predicted octanol–water partition coefficient (Wildman–Crippen LogP) is 3.21. The SMILES string of the molecule is O=C(Cc1ccc(C(F)(F)F)c(F)c1)[C@@H]1CCN1C1CCOCC1. The lowest BCUT2D eigenvalue weighted by molar-refractivity contribution is -0.140. The van der Waals surface area contributed by atoms with Crippen LogP contribution in [0.3, 0.4) is 0 Å². The summed E-state index contributed by atoms with van der Waals surface area (Å²) in [6.07, 6.45) is -2.24. The Labute approximate surface area is 137 Å². The van der Waals surface area contributed by atoms with E-state index in [4.69, 9.17) is 4.74 Å². The summed E-state index contributed by atoms with van der Waals surface area (Å²) in [6.45, 7) is 2.22. The third-order valence-electron chi connectivity index (χ3n) is 4.81. The molecular weight excluding hydrogens is 326 g/mol. The van der Waals surface area contributed by atoms with Gasteiger partial charge in [-0.1, -0.05) is 6.07 Å². The zero-order valence-electron chi connectivity index (χ0n) is 13.1. The summed E-state index contributed by atoms with van der Waals surface area (Å²) in [4.78, 5) is 14.6. The van der Waals surface area contributed by atoms with Crippen molar-refractivity contribution in [1.82, 2.24) is 4.90 Å². The summed E-state index contributed by atoms with van der Waals surface area (Å²) >= 11 is 0. The Hall–Kier alpha value is -1.47. The number of hydrogen-bond acceptors (Lipinski definition) is 3. The molecule has 0 bridgehead atoms. The lowest BCUT2D eigenvalue weighted by Crippen LogP contribution is -2.58. The molecule has 1 aromatic carbocycles. The molecule has 132 valence electrons. The second kappa shape index (κ2) is 6.80. The second-order valence-corrected chi connectivity index (χ2v) is 6.34. The van der Waals surface area contributed by atoms with Crippen LogP contribution in [-0.2, 0) is 22.1 Å². The van der Waals surface area contributed by atoms with Gasteiger partial charge in [-0.25, -0.2) is 4.39 Å². The number of hydrogen-bond donors (Lipinski definition) is 0. The van der Waals surface area contributed by atoms with Gasteiger partial charge in [0.15, 0.2) is 5.78 Å². The smallest absolute Gasteiger partial charge is 0.381 e. The maximum absolute atomic E-state index is 13.6. The minimum absolute atomic E-state index is 0.0422. The van der Waals surface area contributed by atoms with Crippen molar-refractivity contribution < 1.29 is 27.1 Å². The molecule has 3 rings (SSSR count). The molecule has 0 amide bonds. The summed E-state index contributed by atoms with van der Waals surface area (Å²) in [6, 6.07) is 2.82. The van der Waals surface area contributed by atoms with E-state index in [0.29, 0.717) is 25.3 Å². The van der Waals surface area contributed by atoms with E-state index >= 15 is 0 Å². The molecule has 1 atom stereocenters. The maximum Gasteiger partial charge on any atom is 0.419 e. The quantitative estimate of drug-likeness (QED) is 0.785. The number of ketones is 1. The molecule has 2 aliphatic rings. The number of likely N-dealkylation sites (tertiary alicyclic amines) is 1. The molecule has 0 saturated carbocycles. The van der Waals surface area contributed by atoms with Crippen LogP contribution in [0.4, 0.5) is 17.6 Å². The third kappa shape index (κ3) is 3.62. The Balaban J connectivity index is 1.63. The molecule has 2 aliphatic heterocycles. The first-order valence-corrected chi connectivity index (χ1v) is 8.08. The Kier molecular flexibility index (Phi) is 4.92. The molecule has 2 fully saturated rings. The number of rotatable bonds is 4. The van der Waals surface area contributed by atoms with E-state index in [1.165, 1.54) is 6.07 Å². The van der Waals surface area contributed by atoms with Gasteiger partial charge >= 0.3 is 6.18 Å². The van der Waals surface area contributed by atoms with E-state index in [-0.39, 0.29) is 23.8 Å². The fourth-order valence-corrected chi connectivity index (χ4v) is 3.42. The molecular formula is C17H19F4NO2. The van der Waals surface area contributed by atoms with Crippen LogP contribution >= 0.6 is 0 Å². The van der Waals surface area contributed by atoms with E-state index in [1.807, 2.05) is 0 Å². The molecule has 2 heterocycles. The van der Waals surface area contributed by atoms with E-state index in [0.717, 1.165) is 31.9 Å². The number of nitrogens with zero attached hydrogens (tertiary/aromatic N) is 1. The highest BCUT2D eigenvalue weighted by molar-refractivity contribution is 5.87. The number of ether oxygens (including phenoxy) is 1. The molecule has 7 heteroatoms. The van der Waals surface area contributed by atoms with Gasteiger partial charge in [-0.2, -0.15) is 13.2 Å². The maximum atomic E-state index is 13.6. The van der Waals surface area contributed by atoms with Crippen LogP contribution in [0, 0.1) is 5.82 Å². The summed E-state index contributed by atoms with van der Waals surface area (Å²) in [5, 5.41) is 0. The topological polar surface area (TPSA) is 29.5 Å². The van der Waals surface area contributed by atoms with Gasteiger partial charge in [-0.15, -0.1) is 0 Å². The Morgan fingerprint density at radius 1 is 1.21 bits per heavy atom. The van der Waals surface area contributed by atoms with Crippen molar-refractivity contribution in [3.8, 4) is 0 Å². The molecule has 24 heavy (non-hydrogen) atoms. The van der Waals surface area contributed by atoms with Crippen molar-refractivity contribution in [2.45, 2.75) is 43.9 Å². The van der Waals surface area contributed by atoms with E-state index in [9.17, 15) is 22.4 Å². The minimum Gasteiger partial charge on any atom is -0.381 e. The molecule has 1 aromatic rings. The van der Waals surface area contributed by atoms with Gasteiger partial charge in [0.05, 0.1) is 11.6 Å². The van der Waals surface area contributed by atoms with Crippen LogP contribution in [0.25, 0.3) is 0 Å². The van der Waals surface area contributed by atoms with Crippen molar-refractivity contribution in [2.24, 2.45) is 0 Å². The van der Waals surface area contributed by atoms with E-state index < -0.39 is 17.6 Å². The summed E-state index contributed by atoms with van der Waals surface area (Å²) in [5.41, 5.74) is -1.02. The van der Waals surface area contributed by atoms with Gasteiger partial charge in [0, 0.05) is 32.2 Å². The van der Waals surface area contributed by atoms with Gasteiger partial charge in [-0.05, 0) is 37.0 Å². The summed E-state index contributed by atoms with van der Waals surface area (Å²) in [5.74, 6) is -1.39. The summed E-state index contributed by atoms with van der Waals surface area (Å²) < 4.78 is 56.6. The molecule has 0 radical (unpaired) electrons. The van der Waals surface area contributed by atoms with Crippen LogP contribution in [0.1, 0.15) is 30.4 Å². The normalized spacial score (nSPS) is 23.1. The average Bonchev–Trinajstić information content (AvgIpc) is 2.45. The minimum atomic E-state index is -4.72. The first-order valence-electron chi connectivity index (χ1n) is 8.08. The molecule has 3 nitrogen and oxygen atoms in total. The number of halogens is 4. The van der Waals surface area contributed by atoms with Crippen LogP contribution < -0.4 is 0 Å². The number of alkyl halides is 3. The van der Waals surface area contributed by atoms with Crippen LogP contribution in [0.2, 0.25) is 0 Å². The summed E-state index contributed by atoms with van der Waals surface area (Å²) in [7, 11) is 0. The van der Waals surface area contributed by atoms with Crippen LogP contribution in [-0.4, -0.2) is 42.5 Å². The van der Waals surface area contributed by atoms with Crippen LogP contribution in [0.5, 0.6) is 0 Å². The molecule has 0 unspecified atom stereocenters. The highest BCUT2D eigenvalue weighted by Gasteiger charge is 2.39. The Bertz CT molecular complexity index is 611. The van der Waals surface area contributed by atoms with E-state index in [1.54, 1.807) is 0 Å². The highest BCUT2D eigenvalue weighted by Crippen LogP contribution is 2.32. The fourth-order valence-electron chi connectivity index (χ4n) is 3.42. The van der Waals surface area contributed by atoms with Gasteiger partial charge in [0.1, 0.15) is 5.82 Å². The fraction of sp³-hybridized carbons (Fsp3) is 0.588. The average molecular weight is 345 g/mol. The predicted molar refractivity (Wildman–Crippen MR) is 79.1 cm³/mol. The number of carbonyl (C=O) groups excluding carboxylic acids is 1. The zero-order chi connectivity index (χ0) is 17.3.